The number of hydrogen-bond donors (Lipinski definition) is 3. The first-order valence-corrected chi connectivity index (χ1v) is 10.3. The Morgan fingerprint density at radius 1 is 0.885 bits per heavy atom. The van der Waals surface area contributed by atoms with Crippen LogP contribution in [0.2, 0.25) is 0 Å². The first kappa shape index (κ1) is 18.2. The summed E-state index contributed by atoms with van der Waals surface area (Å²) >= 11 is 0. The van der Waals surface area contributed by atoms with Crippen LogP contribution >= 0.6 is 0 Å². The Bertz CT molecular complexity index is 1220. The van der Waals surface area contributed by atoms with E-state index < -0.39 is 25.9 Å². The number of nitrogens with one attached hydrogen (secondary N) is 1. The normalized spacial score (nSPS) is 12.2. The van der Waals surface area contributed by atoms with Gasteiger partial charge in [-0.1, -0.05) is 24.3 Å². The van der Waals surface area contributed by atoms with Crippen LogP contribution in [0.5, 0.6) is 5.75 Å². The molecule has 3 rings (SSSR count). The number of hydrogen-bond acceptors (Lipinski definition) is 5. The van der Waals surface area contributed by atoms with Crippen LogP contribution in [-0.2, 0) is 20.1 Å². The average Bonchev–Trinajstić information content (AvgIpc) is 2.54. The number of rotatable bonds is 4. The molecule has 0 aromatic heterocycles. The fraction of sp³-hybridized carbons (Fsp3) is 0.0588. The summed E-state index contributed by atoms with van der Waals surface area (Å²) < 4.78 is 59.2. The molecular weight excluding hydrogens is 378 g/mol. The average molecular weight is 393 g/mol. The lowest BCUT2D eigenvalue weighted by atomic mass is 10.1. The van der Waals surface area contributed by atoms with E-state index in [1.54, 1.807) is 31.2 Å². The van der Waals surface area contributed by atoms with Gasteiger partial charge >= 0.3 is 0 Å². The maximum atomic E-state index is 12.6. The van der Waals surface area contributed by atoms with Gasteiger partial charge in [-0.3, -0.25) is 9.27 Å². The van der Waals surface area contributed by atoms with E-state index in [4.69, 9.17) is 4.55 Å². The van der Waals surface area contributed by atoms with Crippen LogP contribution in [0.25, 0.3) is 10.8 Å². The van der Waals surface area contributed by atoms with Crippen LogP contribution in [0.3, 0.4) is 0 Å². The molecule has 0 atom stereocenters. The summed E-state index contributed by atoms with van der Waals surface area (Å²) in [7, 11) is -8.47. The molecule has 0 bridgehead atoms. The van der Waals surface area contributed by atoms with Crippen molar-refractivity contribution in [2.75, 3.05) is 4.72 Å². The van der Waals surface area contributed by atoms with Crippen LogP contribution < -0.4 is 4.72 Å². The molecule has 3 aromatic carbocycles. The molecule has 0 fully saturated rings. The third-order valence-electron chi connectivity index (χ3n) is 3.87. The quantitative estimate of drug-likeness (QED) is 0.586. The second-order valence-corrected chi connectivity index (χ2v) is 8.80. The second-order valence-electron chi connectivity index (χ2n) is 5.72. The molecule has 7 nitrogen and oxygen atoms in total. The number of anilines is 1. The number of aryl methyl sites for hydroxylation is 1. The molecule has 26 heavy (non-hydrogen) atoms. The van der Waals surface area contributed by atoms with Gasteiger partial charge < -0.3 is 5.11 Å². The van der Waals surface area contributed by atoms with Crippen molar-refractivity contribution in [1.82, 2.24) is 0 Å². The Labute approximate surface area is 150 Å². The minimum absolute atomic E-state index is 0.271. The largest absolute Gasteiger partial charge is 0.506 e. The van der Waals surface area contributed by atoms with Crippen LogP contribution in [0, 0.1) is 6.92 Å². The highest BCUT2D eigenvalue weighted by molar-refractivity contribution is 7.92. The van der Waals surface area contributed by atoms with E-state index >= 15 is 0 Å². The van der Waals surface area contributed by atoms with Gasteiger partial charge in [-0.25, -0.2) is 8.42 Å². The van der Waals surface area contributed by atoms with E-state index in [2.05, 4.69) is 4.72 Å². The Morgan fingerprint density at radius 3 is 2.23 bits per heavy atom. The number of para-hydroxylation sites is 1. The van der Waals surface area contributed by atoms with Crippen molar-refractivity contribution in [3.8, 4) is 5.75 Å². The fourth-order valence-electron chi connectivity index (χ4n) is 2.51. The molecule has 3 aromatic rings. The highest BCUT2D eigenvalue weighted by atomic mass is 32.2. The summed E-state index contributed by atoms with van der Waals surface area (Å²) in [6.45, 7) is 1.74. The van der Waals surface area contributed by atoms with Gasteiger partial charge in [0.2, 0.25) is 0 Å². The van der Waals surface area contributed by atoms with Crippen LogP contribution in [0.1, 0.15) is 5.56 Å². The molecule has 9 heteroatoms. The van der Waals surface area contributed by atoms with Gasteiger partial charge in [0.25, 0.3) is 20.1 Å². The first-order chi connectivity index (χ1) is 12.1. The van der Waals surface area contributed by atoms with E-state index in [0.717, 1.165) is 18.2 Å². The molecule has 0 aliphatic heterocycles. The minimum atomic E-state index is -4.40. The van der Waals surface area contributed by atoms with E-state index in [1.165, 1.54) is 12.1 Å². The lowest BCUT2D eigenvalue weighted by Gasteiger charge is -2.12. The summed E-state index contributed by atoms with van der Waals surface area (Å²) in [5, 5.41) is 10.8. The molecule has 0 spiro atoms. The molecule has 0 amide bonds. The third kappa shape index (κ3) is 3.50. The molecule has 3 N–H and O–H groups in total. The van der Waals surface area contributed by atoms with E-state index in [-0.39, 0.29) is 15.2 Å². The number of fused-ring (bicyclic) bond motifs is 1. The summed E-state index contributed by atoms with van der Waals surface area (Å²) in [4.78, 5) is -0.689. The number of sulfonamides is 1. The van der Waals surface area contributed by atoms with Crippen molar-refractivity contribution in [2.45, 2.75) is 16.7 Å². The van der Waals surface area contributed by atoms with E-state index in [0.29, 0.717) is 16.6 Å². The van der Waals surface area contributed by atoms with Gasteiger partial charge in [0.05, 0.1) is 10.6 Å². The number of aromatic hydroxyl groups is 1. The number of phenols is 1. The van der Waals surface area contributed by atoms with Gasteiger partial charge in [-0.15, -0.1) is 0 Å². The second kappa shape index (κ2) is 6.27. The van der Waals surface area contributed by atoms with Crippen LogP contribution in [0.4, 0.5) is 5.69 Å². The maximum absolute atomic E-state index is 12.6. The number of benzene rings is 3. The monoisotopic (exact) mass is 393 g/mol. The molecule has 136 valence electrons. The molecule has 0 saturated carbocycles. The first-order valence-electron chi connectivity index (χ1n) is 7.41. The van der Waals surface area contributed by atoms with Crippen molar-refractivity contribution < 1.29 is 26.5 Å². The predicted molar refractivity (Wildman–Crippen MR) is 97.4 cm³/mol. The molecular formula is C17H15NO6S2. The standard InChI is InChI=1S/C17H15NO6S2/c1-11-4-2-3-5-15(11)18-25(20,21)17-10-12-6-7-14(26(22,23)24)8-13(12)9-16(17)19/h2-10,18-19H,1H3,(H,22,23,24). The van der Waals surface area contributed by atoms with Gasteiger partial charge in [-0.05, 0) is 53.6 Å². The lowest BCUT2D eigenvalue weighted by Crippen LogP contribution is -2.14. The van der Waals surface area contributed by atoms with E-state index in [1.807, 2.05) is 0 Å². The Balaban J connectivity index is 2.10. The van der Waals surface area contributed by atoms with Gasteiger partial charge in [0.1, 0.15) is 10.6 Å². The maximum Gasteiger partial charge on any atom is 0.294 e. The Kier molecular flexibility index (Phi) is 4.39. The van der Waals surface area contributed by atoms with Crippen molar-refractivity contribution in [3.63, 3.8) is 0 Å². The molecule has 0 radical (unpaired) electrons. The SMILES string of the molecule is Cc1ccccc1NS(=O)(=O)c1cc2ccc(S(=O)(=O)O)cc2cc1O. The Morgan fingerprint density at radius 2 is 1.58 bits per heavy atom. The van der Waals surface area contributed by atoms with Gasteiger partial charge in [-0.2, -0.15) is 8.42 Å². The summed E-state index contributed by atoms with van der Waals surface area (Å²) in [6.07, 6.45) is 0. The zero-order chi connectivity index (χ0) is 19.1. The fourth-order valence-corrected chi connectivity index (χ4v) is 4.27. The Hall–Kier alpha value is -2.62. The summed E-state index contributed by atoms with van der Waals surface area (Å²) in [5.74, 6) is -0.536. The predicted octanol–water partition coefficient (Wildman–Crippen LogP) is 2.90. The number of phenolic OH excluding ortho intramolecular Hbond substituents is 1. The molecule has 0 saturated heterocycles. The summed E-state index contributed by atoms with van der Waals surface area (Å²) in [6, 6.07) is 12.8. The minimum Gasteiger partial charge on any atom is -0.506 e. The molecule has 0 aliphatic carbocycles. The van der Waals surface area contributed by atoms with Gasteiger partial charge in [0, 0.05) is 0 Å². The molecule has 0 unspecified atom stereocenters. The highest BCUT2D eigenvalue weighted by Gasteiger charge is 2.21. The van der Waals surface area contributed by atoms with Crippen molar-refractivity contribution in [2.24, 2.45) is 0 Å². The van der Waals surface area contributed by atoms with Crippen molar-refractivity contribution in [1.29, 1.82) is 0 Å². The van der Waals surface area contributed by atoms with Crippen molar-refractivity contribution >= 4 is 36.6 Å². The zero-order valence-corrected chi connectivity index (χ0v) is 15.2. The van der Waals surface area contributed by atoms with Gasteiger partial charge in [0.15, 0.2) is 0 Å². The van der Waals surface area contributed by atoms with Crippen LogP contribution in [-0.4, -0.2) is 26.5 Å². The third-order valence-corrected chi connectivity index (χ3v) is 6.11. The van der Waals surface area contributed by atoms with E-state index in [9.17, 15) is 21.9 Å². The molecule has 0 aliphatic rings. The zero-order valence-electron chi connectivity index (χ0n) is 13.5. The lowest BCUT2D eigenvalue weighted by molar-refractivity contribution is 0.460. The topological polar surface area (TPSA) is 121 Å². The smallest absolute Gasteiger partial charge is 0.294 e. The highest BCUT2D eigenvalue weighted by Crippen LogP contribution is 2.31. The summed E-state index contributed by atoms with van der Waals surface area (Å²) in [5.41, 5.74) is 1.10. The van der Waals surface area contributed by atoms with Crippen LogP contribution in [0.15, 0.2) is 64.4 Å². The van der Waals surface area contributed by atoms with Crippen molar-refractivity contribution in [3.05, 3.63) is 60.2 Å². The molecule has 0 heterocycles.